The lowest BCUT2D eigenvalue weighted by molar-refractivity contribution is 0.398. The van der Waals surface area contributed by atoms with E-state index in [0.717, 1.165) is 11.1 Å². The summed E-state index contributed by atoms with van der Waals surface area (Å²) in [4.78, 5) is 25.8. The Labute approximate surface area is 143 Å². The number of hydrogen-bond donors (Lipinski definition) is 1. The van der Waals surface area contributed by atoms with E-state index in [1.807, 2.05) is 25.2 Å². The van der Waals surface area contributed by atoms with Crippen molar-refractivity contribution < 1.29 is 4.74 Å². The van der Waals surface area contributed by atoms with Gasteiger partial charge in [0.1, 0.15) is 0 Å². The molecule has 3 aromatic heterocycles. The van der Waals surface area contributed by atoms with E-state index >= 15 is 0 Å². The van der Waals surface area contributed by atoms with Crippen LogP contribution in [0.4, 0.5) is 5.95 Å². The number of fused-ring (bicyclic) bond motifs is 1. The lowest BCUT2D eigenvalue weighted by Gasteiger charge is -2.16. The fourth-order valence-electron chi connectivity index (χ4n) is 2.79. The maximum Gasteiger partial charge on any atom is 0.264 e. The summed E-state index contributed by atoms with van der Waals surface area (Å²) in [6, 6.07) is 5.31. The van der Waals surface area contributed by atoms with Crippen LogP contribution in [0.25, 0.3) is 27.9 Å². The van der Waals surface area contributed by atoms with Crippen molar-refractivity contribution in [3.8, 4) is 17.0 Å². The summed E-state index contributed by atoms with van der Waals surface area (Å²) < 4.78 is 6.64. The minimum absolute atomic E-state index is 0.140. The van der Waals surface area contributed by atoms with Gasteiger partial charge in [0, 0.05) is 28.8 Å². The Morgan fingerprint density at radius 1 is 1.24 bits per heavy atom. The Bertz CT molecular complexity index is 1110. The molecule has 1 aliphatic carbocycles. The van der Waals surface area contributed by atoms with Crippen LogP contribution in [0, 0.1) is 6.92 Å². The van der Waals surface area contributed by atoms with E-state index in [-0.39, 0.29) is 11.5 Å². The number of nitrogen functional groups attached to an aromatic ring is 1. The van der Waals surface area contributed by atoms with Gasteiger partial charge in [-0.1, -0.05) is 6.08 Å². The van der Waals surface area contributed by atoms with Crippen molar-refractivity contribution in [3.05, 3.63) is 58.7 Å². The summed E-state index contributed by atoms with van der Waals surface area (Å²) in [5.74, 6) is 0.628. The third-order valence-electron chi connectivity index (χ3n) is 4.12. The Morgan fingerprint density at radius 3 is 2.64 bits per heavy atom. The number of nitrogens with zero attached hydrogens (tertiary/aromatic N) is 4. The first-order chi connectivity index (χ1) is 12.1. The molecular weight excluding hydrogens is 318 g/mol. The maximum absolute atomic E-state index is 13.1. The molecule has 0 saturated heterocycles. The molecule has 124 valence electrons. The third-order valence-corrected chi connectivity index (χ3v) is 4.12. The second kappa shape index (κ2) is 5.55. The molecule has 0 radical (unpaired) electrons. The van der Waals surface area contributed by atoms with Crippen LogP contribution >= 0.6 is 0 Å². The standard InChI is InChI=1S/C18H15N5O2/c1-10-13-8-14(11-6-7-15(25-2)20-9-11)17(24)23(12-4-3-5-12)16(13)22-18(19)21-10/h3-9H,1-2H3,(H2,19,21,22). The summed E-state index contributed by atoms with van der Waals surface area (Å²) in [7, 11) is 1.55. The molecule has 7 heteroatoms. The molecule has 2 N–H and O–H groups in total. The van der Waals surface area contributed by atoms with Gasteiger partial charge in [-0.15, -0.1) is 0 Å². The van der Waals surface area contributed by atoms with E-state index < -0.39 is 0 Å². The van der Waals surface area contributed by atoms with Crippen LogP contribution < -0.4 is 16.0 Å². The van der Waals surface area contributed by atoms with Gasteiger partial charge in [-0.3, -0.25) is 9.36 Å². The predicted octanol–water partition coefficient (Wildman–Crippen LogP) is 2.16. The predicted molar refractivity (Wildman–Crippen MR) is 96.1 cm³/mol. The lowest BCUT2D eigenvalue weighted by atomic mass is 10.1. The van der Waals surface area contributed by atoms with Crippen molar-refractivity contribution in [3.63, 3.8) is 0 Å². The lowest BCUT2D eigenvalue weighted by Crippen LogP contribution is -2.23. The highest BCUT2D eigenvalue weighted by Crippen LogP contribution is 2.26. The molecule has 1 aliphatic rings. The fraction of sp³-hybridized carbons (Fsp3) is 0.111. The van der Waals surface area contributed by atoms with E-state index in [1.165, 1.54) is 0 Å². The zero-order valence-corrected chi connectivity index (χ0v) is 13.7. The number of aromatic nitrogens is 4. The molecule has 0 saturated carbocycles. The minimum atomic E-state index is -0.187. The van der Waals surface area contributed by atoms with E-state index in [4.69, 9.17) is 10.5 Å². The smallest absolute Gasteiger partial charge is 0.264 e. The van der Waals surface area contributed by atoms with Crippen LogP contribution in [0.5, 0.6) is 5.88 Å². The van der Waals surface area contributed by atoms with Crippen LogP contribution in [0.15, 0.2) is 47.4 Å². The first kappa shape index (κ1) is 15.1. The number of anilines is 1. The summed E-state index contributed by atoms with van der Waals surface area (Å²) in [5, 5.41) is 0.765. The SMILES string of the molecule is COc1ccc(-c2cc3c(C)nc(N)nc3n(C3=CC=C3)c2=O)cn1. The zero-order chi connectivity index (χ0) is 17.6. The number of hydrogen-bond acceptors (Lipinski definition) is 6. The second-order valence-corrected chi connectivity index (χ2v) is 5.64. The molecule has 0 fully saturated rings. The number of aryl methyl sites for hydroxylation is 1. The quantitative estimate of drug-likeness (QED) is 0.789. The maximum atomic E-state index is 13.1. The highest BCUT2D eigenvalue weighted by molar-refractivity contribution is 5.88. The van der Waals surface area contributed by atoms with Gasteiger partial charge in [0.25, 0.3) is 5.56 Å². The van der Waals surface area contributed by atoms with Crippen LogP contribution in [0.3, 0.4) is 0 Å². The van der Waals surface area contributed by atoms with Crippen molar-refractivity contribution in [1.82, 2.24) is 19.5 Å². The number of methoxy groups -OCH3 is 1. The number of pyridine rings is 2. The van der Waals surface area contributed by atoms with Crippen molar-refractivity contribution >= 4 is 22.7 Å². The van der Waals surface area contributed by atoms with Gasteiger partial charge in [0.2, 0.25) is 11.8 Å². The number of nitrogens with two attached hydrogens (primary N) is 1. The topological polar surface area (TPSA) is 95.9 Å². The van der Waals surface area contributed by atoms with Crippen molar-refractivity contribution in [2.24, 2.45) is 0 Å². The van der Waals surface area contributed by atoms with Crippen molar-refractivity contribution in [2.45, 2.75) is 6.92 Å². The van der Waals surface area contributed by atoms with Gasteiger partial charge in [-0.25, -0.2) is 9.97 Å². The molecule has 0 atom stereocenters. The Kier molecular flexibility index (Phi) is 3.35. The van der Waals surface area contributed by atoms with Crippen LogP contribution in [-0.4, -0.2) is 26.6 Å². The molecule has 4 rings (SSSR count). The normalized spacial score (nSPS) is 12.8. The molecule has 0 unspecified atom stereocenters. The summed E-state index contributed by atoms with van der Waals surface area (Å²) in [6.45, 7) is 1.84. The van der Waals surface area contributed by atoms with E-state index in [9.17, 15) is 4.79 Å². The van der Waals surface area contributed by atoms with Gasteiger partial charge in [0.15, 0.2) is 5.65 Å². The largest absolute Gasteiger partial charge is 0.481 e. The van der Waals surface area contributed by atoms with Crippen molar-refractivity contribution in [1.29, 1.82) is 0 Å². The first-order valence-corrected chi connectivity index (χ1v) is 7.67. The number of allylic oxidation sites excluding steroid dienone is 4. The fourth-order valence-corrected chi connectivity index (χ4v) is 2.79. The van der Waals surface area contributed by atoms with Crippen LogP contribution in [0.2, 0.25) is 0 Å². The van der Waals surface area contributed by atoms with Gasteiger partial charge >= 0.3 is 0 Å². The highest BCUT2D eigenvalue weighted by atomic mass is 16.5. The second-order valence-electron chi connectivity index (χ2n) is 5.64. The molecular formula is C18H15N5O2. The Balaban J connectivity index is 2.05. The third kappa shape index (κ3) is 2.37. The van der Waals surface area contributed by atoms with Crippen LogP contribution in [0.1, 0.15) is 5.69 Å². The molecule has 0 amide bonds. The number of rotatable bonds is 3. The Hall–Kier alpha value is -3.48. The summed E-state index contributed by atoms with van der Waals surface area (Å²) in [6.07, 6.45) is 7.19. The summed E-state index contributed by atoms with van der Waals surface area (Å²) in [5.41, 5.74) is 8.78. The van der Waals surface area contributed by atoms with E-state index in [2.05, 4.69) is 15.0 Å². The Morgan fingerprint density at radius 2 is 2.04 bits per heavy atom. The molecule has 0 aromatic carbocycles. The molecule has 25 heavy (non-hydrogen) atoms. The molecule has 0 bridgehead atoms. The van der Waals surface area contributed by atoms with E-state index in [1.54, 1.807) is 36.1 Å². The minimum Gasteiger partial charge on any atom is -0.481 e. The van der Waals surface area contributed by atoms with Gasteiger partial charge in [0.05, 0.1) is 18.5 Å². The van der Waals surface area contributed by atoms with Gasteiger partial charge < -0.3 is 10.5 Å². The van der Waals surface area contributed by atoms with E-state index in [0.29, 0.717) is 28.3 Å². The first-order valence-electron chi connectivity index (χ1n) is 7.67. The molecule has 7 nitrogen and oxygen atoms in total. The molecule has 3 aromatic rings. The zero-order valence-electron chi connectivity index (χ0n) is 13.7. The van der Waals surface area contributed by atoms with Gasteiger partial charge in [-0.05, 0) is 31.2 Å². The summed E-state index contributed by atoms with van der Waals surface area (Å²) >= 11 is 0. The highest BCUT2D eigenvalue weighted by Gasteiger charge is 2.18. The van der Waals surface area contributed by atoms with Gasteiger partial charge in [-0.2, -0.15) is 4.98 Å². The number of ether oxygens (including phenoxy) is 1. The average Bonchev–Trinajstić information content (AvgIpc) is 2.56. The monoisotopic (exact) mass is 333 g/mol. The average molecular weight is 333 g/mol. The molecule has 0 aliphatic heterocycles. The van der Waals surface area contributed by atoms with Crippen LogP contribution in [-0.2, 0) is 0 Å². The molecule has 0 spiro atoms. The molecule has 3 heterocycles. The van der Waals surface area contributed by atoms with Crippen molar-refractivity contribution in [2.75, 3.05) is 12.8 Å².